The molecular formula is C11H13N3OS. The second-order valence-corrected chi connectivity index (χ2v) is 3.33. The summed E-state index contributed by atoms with van der Waals surface area (Å²) in [5, 5.41) is 3.91. The number of nitrogens with two attached hydrogens (primary N) is 1. The van der Waals surface area contributed by atoms with Gasteiger partial charge in [-0.3, -0.25) is 5.43 Å². The van der Waals surface area contributed by atoms with Crippen molar-refractivity contribution in [1.29, 1.82) is 0 Å². The van der Waals surface area contributed by atoms with Crippen LogP contribution in [0, 0.1) is 0 Å². The highest BCUT2D eigenvalue weighted by atomic mass is 32.1. The van der Waals surface area contributed by atoms with Gasteiger partial charge in [0.15, 0.2) is 5.11 Å². The maximum absolute atomic E-state index is 5.19. The van der Waals surface area contributed by atoms with Crippen LogP contribution in [-0.4, -0.2) is 18.4 Å². The van der Waals surface area contributed by atoms with Crippen LogP contribution in [0.4, 0.5) is 0 Å². The van der Waals surface area contributed by atoms with Crippen LogP contribution in [0.25, 0.3) is 6.08 Å². The summed E-state index contributed by atoms with van der Waals surface area (Å²) in [6, 6.07) is 7.70. The molecule has 84 valence electrons. The van der Waals surface area contributed by atoms with Gasteiger partial charge in [-0.2, -0.15) is 5.10 Å². The summed E-state index contributed by atoms with van der Waals surface area (Å²) in [6.45, 7) is 0. The van der Waals surface area contributed by atoms with Crippen molar-refractivity contribution in [2.75, 3.05) is 7.11 Å². The first-order valence-corrected chi connectivity index (χ1v) is 5.02. The zero-order valence-electron chi connectivity index (χ0n) is 8.88. The average Bonchev–Trinajstić information content (AvgIpc) is 2.28. The second kappa shape index (κ2) is 6.58. The van der Waals surface area contributed by atoms with Gasteiger partial charge in [0.2, 0.25) is 0 Å². The third-order valence-electron chi connectivity index (χ3n) is 1.72. The summed E-state index contributed by atoms with van der Waals surface area (Å²) in [6.07, 6.45) is 5.24. The zero-order valence-corrected chi connectivity index (χ0v) is 9.70. The number of benzene rings is 1. The lowest BCUT2D eigenvalue weighted by molar-refractivity contribution is 0.414. The van der Waals surface area contributed by atoms with Crippen LogP contribution >= 0.6 is 12.2 Å². The summed E-state index contributed by atoms with van der Waals surface area (Å²) < 4.78 is 5.10. The fourth-order valence-electron chi connectivity index (χ4n) is 1.04. The number of hydrazone groups is 1. The number of thiocarbonyl (C=S) groups is 1. The van der Waals surface area contributed by atoms with Crippen molar-refractivity contribution >= 4 is 29.6 Å². The molecule has 3 N–H and O–H groups in total. The molecule has 0 spiro atoms. The number of nitrogens with one attached hydrogen (secondary N) is 1. The Bertz CT molecular complexity index is 415. The fraction of sp³-hybridized carbons (Fsp3) is 0.0909. The minimum atomic E-state index is 0.144. The van der Waals surface area contributed by atoms with E-state index in [1.165, 1.54) is 0 Å². The van der Waals surface area contributed by atoms with E-state index in [-0.39, 0.29) is 5.11 Å². The van der Waals surface area contributed by atoms with E-state index in [4.69, 9.17) is 10.5 Å². The van der Waals surface area contributed by atoms with Gasteiger partial charge in [0.25, 0.3) is 0 Å². The molecule has 1 rings (SSSR count). The Balaban J connectivity index is 2.55. The van der Waals surface area contributed by atoms with Crippen LogP contribution in [0.1, 0.15) is 5.56 Å². The molecule has 0 unspecified atom stereocenters. The third kappa shape index (κ3) is 4.56. The standard InChI is InChI=1S/C11H13N3OS/c1-15-10-6-2-4-9(8-10)5-3-7-13-14-11(12)16/h2-8H,1H3,(H3,12,14,16). The lowest BCUT2D eigenvalue weighted by Crippen LogP contribution is -2.23. The molecule has 0 saturated heterocycles. The van der Waals surface area contributed by atoms with E-state index in [1.54, 1.807) is 19.4 Å². The Kier molecular flexibility index (Phi) is 5.01. The number of ether oxygens (including phenoxy) is 1. The largest absolute Gasteiger partial charge is 0.497 e. The number of allylic oxidation sites excluding steroid dienone is 1. The van der Waals surface area contributed by atoms with E-state index in [0.717, 1.165) is 11.3 Å². The van der Waals surface area contributed by atoms with Crippen molar-refractivity contribution in [2.45, 2.75) is 0 Å². The van der Waals surface area contributed by atoms with Gasteiger partial charge in [-0.05, 0) is 36.0 Å². The van der Waals surface area contributed by atoms with Crippen LogP contribution in [0.2, 0.25) is 0 Å². The first-order valence-electron chi connectivity index (χ1n) is 4.61. The van der Waals surface area contributed by atoms with E-state index in [1.807, 2.05) is 30.3 Å². The molecule has 0 atom stereocenters. The van der Waals surface area contributed by atoms with Gasteiger partial charge >= 0.3 is 0 Å². The summed E-state index contributed by atoms with van der Waals surface area (Å²) >= 11 is 4.58. The van der Waals surface area contributed by atoms with Crippen LogP contribution in [0.5, 0.6) is 5.75 Å². The first-order chi connectivity index (χ1) is 7.72. The van der Waals surface area contributed by atoms with Gasteiger partial charge in [-0.15, -0.1) is 0 Å². The molecular weight excluding hydrogens is 222 g/mol. The highest BCUT2D eigenvalue weighted by Crippen LogP contribution is 2.13. The fourth-order valence-corrected chi connectivity index (χ4v) is 1.10. The van der Waals surface area contributed by atoms with E-state index in [2.05, 4.69) is 22.7 Å². The third-order valence-corrected chi connectivity index (χ3v) is 1.81. The summed E-state index contributed by atoms with van der Waals surface area (Å²) in [7, 11) is 1.64. The van der Waals surface area contributed by atoms with Crippen molar-refractivity contribution in [1.82, 2.24) is 5.43 Å². The minimum Gasteiger partial charge on any atom is -0.497 e. The number of methoxy groups -OCH3 is 1. The van der Waals surface area contributed by atoms with E-state index in [0.29, 0.717) is 0 Å². The molecule has 0 radical (unpaired) electrons. The van der Waals surface area contributed by atoms with E-state index < -0.39 is 0 Å². The molecule has 0 aliphatic rings. The highest BCUT2D eigenvalue weighted by Gasteiger charge is 1.90. The average molecular weight is 235 g/mol. The van der Waals surface area contributed by atoms with Crippen molar-refractivity contribution in [2.24, 2.45) is 10.8 Å². The smallest absolute Gasteiger partial charge is 0.184 e. The SMILES string of the molecule is COc1cccc(C=CC=NNC(N)=S)c1. The lowest BCUT2D eigenvalue weighted by atomic mass is 10.2. The van der Waals surface area contributed by atoms with E-state index >= 15 is 0 Å². The van der Waals surface area contributed by atoms with Gasteiger partial charge < -0.3 is 10.5 Å². The minimum absolute atomic E-state index is 0.144. The molecule has 0 fully saturated rings. The topological polar surface area (TPSA) is 59.6 Å². The van der Waals surface area contributed by atoms with Crippen LogP contribution < -0.4 is 15.9 Å². The molecule has 1 aromatic rings. The maximum atomic E-state index is 5.19. The number of rotatable bonds is 4. The molecule has 0 saturated carbocycles. The second-order valence-electron chi connectivity index (χ2n) is 2.89. The molecule has 1 aromatic carbocycles. The van der Waals surface area contributed by atoms with Crippen molar-refractivity contribution in [3.05, 3.63) is 35.9 Å². The summed E-state index contributed by atoms with van der Waals surface area (Å²) in [5.41, 5.74) is 8.68. The summed E-state index contributed by atoms with van der Waals surface area (Å²) in [5.74, 6) is 0.820. The van der Waals surface area contributed by atoms with Crippen LogP contribution in [0.3, 0.4) is 0 Å². The van der Waals surface area contributed by atoms with Crippen molar-refractivity contribution in [3.63, 3.8) is 0 Å². The Morgan fingerprint density at radius 3 is 3.06 bits per heavy atom. The van der Waals surface area contributed by atoms with Gasteiger partial charge in [-0.1, -0.05) is 18.2 Å². The van der Waals surface area contributed by atoms with Gasteiger partial charge in [0, 0.05) is 6.21 Å². The van der Waals surface area contributed by atoms with Crippen molar-refractivity contribution in [3.8, 4) is 5.75 Å². The summed E-state index contributed by atoms with van der Waals surface area (Å²) in [4.78, 5) is 0. The molecule has 5 heteroatoms. The number of hydrogen-bond acceptors (Lipinski definition) is 3. The molecule has 0 heterocycles. The first kappa shape index (κ1) is 12.2. The quantitative estimate of drug-likeness (QED) is 0.472. The van der Waals surface area contributed by atoms with Crippen LogP contribution in [0.15, 0.2) is 35.4 Å². The molecule has 0 aliphatic carbocycles. The normalized spacial score (nSPS) is 10.8. The molecule has 0 bridgehead atoms. The highest BCUT2D eigenvalue weighted by molar-refractivity contribution is 7.80. The maximum Gasteiger partial charge on any atom is 0.184 e. The molecule has 16 heavy (non-hydrogen) atoms. The Hall–Kier alpha value is -1.88. The Labute approximate surface area is 99.8 Å². The lowest BCUT2D eigenvalue weighted by Gasteiger charge is -1.99. The van der Waals surface area contributed by atoms with Gasteiger partial charge in [-0.25, -0.2) is 0 Å². The number of nitrogens with zero attached hydrogens (tertiary/aromatic N) is 1. The Morgan fingerprint density at radius 2 is 2.38 bits per heavy atom. The Morgan fingerprint density at radius 1 is 1.56 bits per heavy atom. The van der Waals surface area contributed by atoms with Crippen molar-refractivity contribution < 1.29 is 4.74 Å². The zero-order chi connectivity index (χ0) is 11.8. The molecule has 0 aliphatic heterocycles. The van der Waals surface area contributed by atoms with Crippen LogP contribution in [-0.2, 0) is 0 Å². The number of hydrogen-bond donors (Lipinski definition) is 2. The predicted octanol–water partition coefficient (Wildman–Crippen LogP) is 1.53. The molecule has 4 nitrogen and oxygen atoms in total. The predicted molar refractivity (Wildman–Crippen MR) is 70.4 cm³/mol. The molecule has 0 amide bonds. The molecule has 0 aromatic heterocycles. The monoisotopic (exact) mass is 235 g/mol. The van der Waals surface area contributed by atoms with Gasteiger partial charge in [0.1, 0.15) is 5.75 Å². The van der Waals surface area contributed by atoms with Gasteiger partial charge in [0.05, 0.1) is 7.11 Å². The van der Waals surface area contributed by atoms with E-state index in [9.17, 15) is 0 Å².